The molecular formula is C26H34Cl2N2O4. The number of halogens is 2. The van der Waals surface area contributed by atoms with Crippen LogP contribution in [0.25, 0.3) is 0 Å². The molecule has 2 aromatic rings. The van der Waals surface area contributed by atoms with Gasteiger partial charge in [-0.25, -0.2) is 0 Å². The summed E-state index contributed by atoms with van der Waals surface area (Å²) in [5, 5.41) is 3.88. The molecule has 0 saturated heterocycles. The maximum absolute atomic E-state index is 13.5. The molecule has 0 bridgehead atoms. The lowest BCUT2D eigenvalue weighted by atomic mass is 10.1. The van der Waals surface area contributed by atoms with Crippen LogP contribution in [0, 0.1) is 5.92 Å². The first-order valence-corrected chi connectivity index (χ1v) is 12.2. The molecule has 2 rings (SSSR count). The molecule has 1 atom stereocenters. The summed E-state index contributed by atoms with van der Waals surface area (Å²) < 4.78 is 10.7. The number of hydrogen-bond acceptors (Lipinski definition) is 4. The van der Waals surface area contributed by atoms with Crippen LogP contribution in [0.2, 0.25) is 10.0 Å². The summed E-state index contributed by atoms with van der Waals surface area (Å²) >= 11 is 12.8. The average Bonchev–Trinajstić information content (AvgIpc) is 2.82. The minimum atomic E-state index is -0.635. The second-order valence-electron chi connectivity index (χ2n) is 8.47. The Balaban J connectivity index is 2.28. The zero-order valence-electron chi connectivity index (χ0n) is 20.5. The zero-order valence-corrected chi connectivity index (χ0v) is 22.0. The Morgan fingerprint density at radius 2 is 1.68 bits per heavy atom. The number of carbonyl (C=O) groups is 2. The first-order valence-electron chi connectivity index (χ1n) is 11.4. The van der Waals surface area contributed by atoms with Gasteiger partial charge in [0.15, 0.2) is 11.5 Å². The average molecular weight is 509 g/mol. The van der Waals surface area contributed by atoms with Gasteiger partial charge in [0.2, 0.25) is 11.8 Å². The van der Waals surface area contributed by atoms with Crippen LogP contribution in [0.15, 0.2) is 36.4 Å². The van der Waals surface area contributed by atoms with Gasteiger partial charge in [-0.3, -0.25) is 9.59 Å². The number of carbonyl (C=O) groups excluding carboxylic acids is 2. The van der Waals surface area contributed by atoms with Crippen molar-refractivity contribution < 1.29 is 19.1 Å². The number of aryl methyl sites for hydroxylation is 1. The molecule has 6 nitrogen and oxygen atoms in total. The molecule has 0 unspecified atom stereocenters. The third-order valence-corrected chi connectivity index (χ3v) is 6.24. The fourth-order valence-corrected chi connectivity index (χ4v) is 4.14. The van der Waals surface area contributed by atoms with E-state index in [2.05, 4.69) is 5.32 Å². The van der Waals surface area contributed by atoms with Crippen molar-refractivity contribution in [3.8, 4) is 11.5 Å². The second-order valence-corrected chi connectivity index (χ2v) is 9.29. The van der Waals surface area contributed by atoms with E-state index >= 15 is 0 Å². The third-order valence-electron chi connectivity index (χ3n) is 5.54. The van der Waals surface area contributed by atoms with Gasteiger partial charge in [-0.15, -0.1) is 0 Å². The number of benzene rings is 2. The molecule has 186 valence electrons. The summed E-state index contributed by atoms with van der Waals surface area (Å²) in [5.41, 5.74) is 1.56. The van der Waals surface area contributed by atoms with E-state index in [4.69, 9.17) is 32.7 Å². The lowest BCUT2D eigenvalue weighted by Gasteiger charge is -2.31. The van der Waals surface area contributed by atoms with Crippen molar-refractivity contribution in [1.29, 1.82) is 0 Å². The molecule has 1 N–H and O–H groups in total. The van der Waals surface area contributed by atoms with Gasteiger partial charge in [-0.2, -0.15) is 0 Å². The SMILES string of the molecule is CC[C@@H](C(=O)NCC(C)C)N(Cc1c(Cl)cccc1Cl)C(=O)CCc1ccc(OC)c(OC)c1. The minimum absolute atomic E-state index is 0.150. The normalized spacial score (nSPS) is 11.8. The van der Waals surface area contributed by atoms with Crippen LogP contribution < -0.4 is 14.8 Å². The van der Waals surface area contributed by atoms with Gasteiger partial charge in [0.25, 0.3) is 0 Å². The summed E-state index contributed by atoms with van der Waals surface area (Å²) in [6.07, 6.45) is 1.16. The summed E-state index contributed by atoms with van der Waals surface area (Å²) in [7, 11) is 3.15. The van der Waals surface area contributed by atoms with Crippen molar-refractivity contribution in [2.75, 3.05) is 20.8 Å². The van der Waals surface area contributed by atoms with Gasteiger partial charge < -0.3 is 19.7 Å². The van der Waals surface area contributed by atoms with Crippen molar-refractivity contribution in [3.05, 3.63) is 57.6 Å². The predicted octanol–water partition coefficient (Wildman–Crippen LogP) is 5.52. The van der Waals surface area contributed by atoms with Crippen LogP contribution in [0.1, 0.15) is 44.7 Å². The highest BCUT2D eigenvalue weighted by molar-refractivity contribution is 6.36. The van der Waals surface area contributed by atoms with E-state index in [1.54, 1.807) is 37.3 Å². The maximum Gasteiger partial charge on any atom is 0.242 e. The molecule has 2 aromatic carbocycles. The number of nitrogens with zero attached hydrogens (tertiary/aromatic N) is 1. The highest BCUT2D eigenvalue weighted by Crippen LogP contribution is 2.29. The lowest BCUT2D eigenvalue weighted by molar-refractivity contribution is -0.141. The summed E-state index contributed by atoms with van der Waals surface area (Å²) in [6, 6.07) is 10.1. The Hall–Kier alpha value is -2.44. The van der Waals surface area contributed by atoms with Crippen LogP contribution in [0.3, 0.4) is 0 Å². The van der Waals surface area contributed by atoms with E-state index in [-0.39, 0.29) is 24.8 Å². The number of nitrogens with one attached hydrogen (secondary N) is 1. The second kappa shape index (κ2) is 13.4. The highest BCUT2D eigenvalue weighted by Gasteiger charge is 2.29. The molecule has 8 heteroatoms. The van der Waals surface area contributed by atoms with E-state index in [1.807, 2.05) is 39.0 Å². The molecule has 0 fully saturated rings. The molecule has 0 aliphatic rings. The number of methoxy groups -OCH3 is 2. The lowest BCUT2D eigenvalue weighted by Crippen LogP contribution is -2.49. The number of hydrogen-bond donors (Lipinski definition) is 1. The Morgan fingerprint density at radius 3 is 2.24 bits per heavy atom. The van der Waals surface area contributed by atoms with Crippen LogP contribution >= 0.6 is 23.2 Å². The first-order chi connectivity index (χ1) is 16.2. The first kappa shape index (κ1) is 27.8. The van der Waals surface area contributed by atoms with E-state index in [9.17, 15) is 9.59 Å². The molecular weight excluding hydrogens is 475 g/mol. The zero-order chi connectivity index (χ0) is 25.3. The van der Waals surface area contributed by atoms with E-state index in [1.165, 1.54) is 0 Å². The number of ether oxygens (including phenoxy) is 2. The van der Waals surface area contributed by atoms with Crippen LogP contribution in [0.5, 0.6) is 11.5 Å². The van der Waals surface area contributed by atoms with Crippen molar-refractivity contribution >= 4 is 35.0 Å². The monoisotopic (exact) mass is 508 g/mol. The van der Waals surface area contributed by atoms with Crippen molar-refractivity contribution in [3.63, 3.8) is 0 Å². The summed E-state index contributed by atoms with van der Waals surface area (Å²) in [6.45, 7) is 6.63. The van der Waals surface area contributed by atoms with Gasteiger partial charge in [0, 0.05) is 35.1 Å². The Morgan fingerprint density at radius 1 is 1.03 bits per heavy atom. The van der Waals surface area contributed by atoms with Crippen molar-refractivity contribution in [2.24, 2.45) is 5.92 Å². The third kappa shape index (κ3) is 7.54. The maximum atomic E-state index is 13.5. The Kier molecular flexibility index (Phi) is 11.0. The van der Waals surface area contributed by atoms with Gasteiger partial charge in [0.05, 0.1) is 14.2 Å². The molecule has 0 aromatic heterocycles. The number of rotatable bonds is 12. The minimum Gasteiger partial charge on any atom is -0.493 e. The van der Waals surface area contributed by atoms with E-state index < -0.39 is 6.04 Å². The predicted molar refractivity (Wildman–Crippen MR) is 137 cm³/mol. The fourth-order valence-electron chi connectivity index (χ4n) is 3.63. The molecule has 0 spiro atoms. The standard InChI is InChI=1S/C26H34Cl2N2O4/c1-6-22(26(32)29-15-17(2)3)30(16-19-20(27)8-7-9-21(19)28)25(31)13-11-18-10-12-23(33-4)24(14-18)34-5/h7-10,12,14,17,22H,6,11,13,15-16H2,1-5H3,(H,29,32)/t22-/m0/s1. The summed E-state index contributed by atoms with van der Waals surface area (Å²) in [5.74, 6) is 1.19. The van der Waals surface area contributed by atoms with Gasteiger partial charge >= 0.3 is 0 Å². The molecule has 0 aliphatic heterocycles. The molecule has 0 heterocycles. The highest BCUT2D eigenvalue weighted by atomic mass is 35.5. The molecule has 0 aliphatic carbocycles. The fraction of sp³-hybridized carbons (Fsp3) is 0.462. The Bertz CT molecular complexity index is 961. The van der Waals surface area contributed by atoms with Crippen molar-refractivity contribution in [1.82, 2.24) is 10.2 Å². The van der Waals surface area contributed by atoms with Crippen LogP contribution in [0.4, 0.5) is 0 Å². The van der Waals surface area contributed by atoms with Gasteiger partial charge in [-0.05, 0) is 48.6 Å². The summed E-state index contributed by atoms with van der Waals surface area (Å²) in [4.78, 5) is 28.1. The molecule has 34 heavy (non-hydrogen) atoms. The number of amides is 2. The Labute approximate surface area is 212 Å². The molecule has 0 saturated carbocycles. The van der Waals surface area contributed by atoms with E-state index in [0.717, 1.165) is 5.56 Å². The molecule has 2 amide bonds. The van der Waals surface area contributed by atoms with Gasteiger partial charge in [-0.1, -0.05) is 56.1 Å². The van der Waals surface area contributed by atoms with Crippen LogP contribution in [-0.2, 0) is 22.6 Å². The molecule has 0 radical (unpaired) electrons. The quantitative estimate of drug-likeness (QED) is 0.409. The largest absolute Gasteiger partial charge is 0.493 e. The van der Waals surface area contributed by atoms with Crippen LogP contribution in [-0.4, -0.2) is 43.5 Å². The topological polar surface area (TPSA) is 67.9 Å². The smallest absolute Gasteiger partial charge is 0.242 e. The van der Waals surface area contributed by atoms with Gasteiger partial charge in [0.1, 0.15) is 6.04 Å². The van der Waals surface area contributed by atoms with Crippen molar-refractivity contribution in [2.45, 2.75) is 52.6 Å². The van der Waals surface area contributed by atoms with E-state index in [0.29, 0.717) is 52.4 Å².